The van der Waals surface area contributed by atoms with Gasteiger partial charge in [0.2, 0.25) is 0 Å². The molecule has 0 bridgehead atoms. The molecule has 0 aliphatic rings. The van der Waals surface area contributed by atoms with Crippen LogP contribution in [0.4, 0.5) is 0 Å². The van der Waals surface area contributed by atoms with E-state index in [1.165, 1.54) is 0 Å². The molecule has 0 aliphatic carbocycles. The SMILES string of the molecule is CC(=O)C(=O)[O-].CC(=O)C(=O)[O-].CC(=O)C(=O)[O-].[Ru+3]. The van der Waals surface area contributed by atoms with E-state index in [4.69, 9.17) is 0 Å². The maximum Gasteiger partial charge on any atom is 3.00 e. The number of carboxylic acid groups (broad SMARTS) is 3. The van der Waals surface area contributed by atoms with Crippen LogP contribution < -0.4 is 15.3 Å². The molecule has 0 fully saturated rings. The molecule has 0 heterocycles. The first-order chi connectivity index (χ1) is 7.93. The van der Waals surface area contributed by atoms with E-state index in [1.54, 1.807) is 0 Å². The minimum Gasteiger partial charge on any atom is -0.542 e. The van der Waals surface area contributed by atoms with Gasteiger partial charge in [-0.2, -0.15) is 0 Å². The predicted octanol–water partition coefficient (Wildman–Crippen LogP) is -5.03. The first kappa shape index (κ1) is 25.8. The topological polar surface area (TPSA) is 172 Å². The quantitative estimate of drug-likeness (QED) is 0.352. The second-order valence-corrected chi connectivity index (χ2v) is 2.53. The Kier molecular flexibility index (Phi) is 19.1. The van der Waals surface area contributed by atoms with Crippen LogP contribution in [0.15, 0.2) is 0 Å². The number of carboxylic acids is 3. The summed E-state index contributed by atoms with van der Waals surface area (Å²) in [5, 5.41) is 27.7. The van der Waals surface area contributed by atoms with Gasteiger partial charge in [-0.1, -0.05) is 0 Å². The van der Waals surface area contributed by atoms with E-state index < -0.39 is 35.3 Å². The molecule has 0 aromatic rings. The van der Waals surface area contributed by atoms with Crippen LogP contribution in [0.5, 0.6) is 0 Å². The Morgan fingerprint density at radius 2 is 0.579 bits per heavy atom. The number of ketones is 3. The molecule has 0 aromatic carbocycles. The van der Waals surface area contributed by atoms with Gasteiger partial charge >= 0.3 is 19.5 Å². The van der Waals surface area contributed by atoms with Crippen LogP contribution in [0.1, 0.15) is 20.8 Å². The summed E-state index contributed by atoms with van der Waals surface area (Å²) in [6, 6.07) is 0. The maximum absolute atomic E-state index is 9.48. The molecule has 0 aromatic heterocycles. The summed E-state index contributed by atoms with van der Waals surface area (Å²) < 4.78 is 0. The number of rotatable bonds is 3. The normalized spacial score (nSPS) is 7.11. The van der Waals surface area contributed by atoms with Crippen LogP contribution in [0.2, 0.25) is 0 Å². The number of hydrogen-bond donors (Lipinski definition) is 0. The van der Waals surface area contributed by atoms with Crippen molar-refractivity contribution in [3.63, 3.8) is 0 Å². The number of aliphatic carboxylic acids is 3. The molecule has 0 N–H and O–H groups in total. The van der Waals surface area contributed by atoms with E-state index in [2.05, 4.69) is 0 Å². The van der Waals surface area contributed by atoms with E-state index >= 15 is 0 Å². The number of carbonyl (C=O) groups excluding carboxylic acids is 6. The van der Waals surface area contributed by atoms with Gasteiger partial charge in [-0.15, -0.1) is 0 Å². The zero-order valence-corrected chi connectivity index (χ0v) is 11.8. The third-order valence-corrected chi connectivity index (χ3v) is 0.862. The van der Waals surface area contributed by atoms with Crippen LogP contribution in [0, 0.1) is 0 Å². The summed E-state index contributed by atoms with van der Waals surface area (Å²) in [6.45, 7) is 2.82. The average Bonchev–Trinajstić information content (AvgIpc) is 2.18. The maximum atomic E-state index is 9.48. The van der Waals surface area contributed by atoms with Gasteiger partial charge in [-0.25, -0.2) is 0 Å². The van der Waals surface area contributed by atoms with Crippen molar-refractivity contribution in [2.75, 3.05) is 0 Å². The summed E-state index contributed by atoms with van der Waals surface area (Å²) in [7, 11) is 0. The molecule has 0 saturated heterocycles. The van der Waals surface area contributed by atoms with Crippen molar-refractivity contribution < 1.29 is 63.6 Å². The summed E-state index contributed by atoms with van der Waals surface area (Å²) in [6.07, 6.45) is 0. The largest absolute Gasteiger partial charge is 3.00 e. The Bertz CT molecular complexity index is 279. The third-order valence-electron chi connectivity index (χ3n) is 0.862. The molecule has 10 heteroatoms. The molecule has 9 nitrogen and oxygen atoms in total. The van der Waals surface area contributed by atoms with Crippen molar-refractivity contribution in [3.05, 3.63) is 0 Å². The van der Waals surface area contributed by atoms with Crippen LogP contribution in [0.25, 0.3) is 0 Å². The molecule has 19 heavy (non-hydrogen) atoms. The Morgan fingerprint density at radius 3 is 0.579 bits per heavy atom. The minimum atomic E-state index is -1.63. The summed E-state index contributed by atoms with van der Waals surface area (Å²) in [5.41, 5.74) is 0. The van der Waals surface area contributed by atoms with E-state index in [0.29, 0.717) is 0 Å². The van der Waals surface area contributed by atoms with Crippen LogP contribution >= 0.6 is 0 Å². The number of carbonyl (C=O) groups is 6. The van der Waals surface area contributed by atoms with Crippen LogP contribution in [-0.4, -0.2) is 35.3 Å². The number of Topliss-reactive ketones (excluding diaryl/α,β-unsaturated/α-hetero) is 3. The van der Waals surface area contributed by atoms with Gasteiger partial charge in [-0.05, 0) is 0 Å². The van der Waals surface area contributed by atoms with Gasteiger partial charge < -0.3 is 29.7 Å². The van der Waals surface area contributed by atoms with E-state index in [-0.39, 0.29) is 19.5 Å². The monoisotopic (exact) mass is 363 g/mol. The van der Waals surface area contributed by atoms with Crippen LogP contribution in [-0.2, 0) is 48.2 Å². The van der Waals surface area contributed by atoms with Crippen molar-refractivity contribution in [2.45, 2.75) is 20.8 Å². The predicted molar refractivity (Wildman–Crippen MR) is 47.1 cm³/mol. The van der Waals surface area contributed by atoms with Gasteiger partial charge in [0.15, 0.2) is 17.3 Å². The molecule has 0 rings (SSSR count). The van der Waals surface area contributed by atoms with Gasteiger partial charge in [0.25, 0.3) is 0 Å². The second kappa shape index (κ2) is 14.1. The molecule has 0 amide bonds. The molecule has 0 atom stereocenters. The van der Waals surface area contributed by atoms with Crippen molar-refractivity contribution in [1.29, 1.82) is 0 Å². The Balaban J connectivity index is -0.0000000865. The van der Waals surface area contributed by atoms with Crippen molar-refractivity contribution in [2.24, 2.45) is 0 Å². The van der Waals surface area contributed by atoms with Gasteiger partial charge in [0.1, 0.15) is 17.9 Å². The molecule has 0 unspecified atom stereocenters. The first-order valence-corrected chi connectivity index (χ1v) is 4.09. The third kappa shape index (κ3) is 31.4. The first-order valence-electron chi connectivity index (χ1n) is 4.09. The van der Waals surface area contributed by atoms with E-state index in [9.17, 15) is 44.1 Å². The zero-order valence-electron chi connectivity index (χ0n) is 10.0. The molecule has 0 saturated carbocycles. The Labute approximate surface area is 120 Å². The van der Waals surface area contributed by atoms with Gasteiger partial charge in [0.05, 0.1) is 0 Å². The number of hydrogen-bond acceptors (Lipinski definition) is 9. The summed E-state index contributed by atoms with van der Waals surface area (Å²) in [5.74, 6) is -7.69. The second-order valence-electron chi connectivity index (χ2n) is 2.53. The molecular weight excluding hydrogens is 353 g/mol. The Morgan fingerprint density at radius 1 is 0.526 bits per heavy atom. The molecule has 1 radical (unpaired) electrons. The van der Waals surface area contributed by atoms with E-state index in [0.717, 1.165) is 20.8 Å². The van der Waals surface area contributed by atoms with Crippen molar-refractivity contribution in [1.82, 2.24) is 0 Å². The standard InChI is InChI=1S/3C3H4O3.Ru/c3*1-2(4)3(5)6;/h3*1H3,(H,5,6);/q;;;+3/p-3. The molecular formula is C9H9O9Ru. The van der Waals surface area contributed by atoms with Crippen molar-refractivity contribution >= 4 is 35.3 Å². The fourth-order valence-corrected chi connectivity index (χ4v) is 0. The average molecular weight is 362 g/mol. The zero-order chi connectivity index (χ0) is 15.5. The fourth-order valence-electron chi connectivity index (χ4n) is 0. The molecule has 0 aliphatic heterocycles. The summed E-state index contributed by atoms with van der Waals surface area (Å²) in [4.78, 5) is 56.2. The fraction of sp³-hybridized carbons (Fsp3) is 0.333. The van der Waals surface area contributed by atoms with Gasteiger partial charge in [-0.3, -0.25) is 14.4 Å². The van der Waals surface area contributed by atoms with Crippen molar-refractivity contribution in [3.8, 4) is 0 Å². The van der Waals surface area contributed by atoms with E-state index in [1.807, 2.05) is 0 Å². The van der Waals surface area contributed by atoms with Gasteiger partial charge in [0, 0.05) is 20.8 Å². The minimum absolute atomic E-state index is 0. The molecule has 0 spiro atoms. The molecule has 107 valence electrons. The Hall–Kier alpha value is -1.96. The summed E-state index contributed by atoms with van der Waals surface area (Å²) >= 11 is 0. The smallest absolute Gasteiger partial charge is 0.542 e. The van der Waals surface area contributed by atoms with Crippen LogP contribution in [0.3, 0.4) is 0 Å².